The summed E-state index contributed by atoms with van der Waals surface area (Å²) in [7, 11) is 1.69. The van der Waals surface area contributed by atoms with Crippen LogP contribution in [0.2, 0.25) is 0 Å². The predicted molar refractivity (Wildman–Crippen MR) is 54.9 cm³/mol. The minimum Gasteiger partial charge on any atom is -0.378 e. The van der Waals surface area contributed by atoms with E-state index in [4.69, 9.17) is 10.5 Å². The van der Waals surface area contributed by atoms with Crippen molar-refractivity contribution in [1.29, 1.82) is 0 Å². The molecule has 14 heavy (non-hydrogen) atoms. The van der Waals surface area contributed by atoms with Crippen LogP contribution in [-0.4, -0.2) is 31.7 Å². The van der Waals surface area contributed by atoms with Crippen LogP contribution in [0.1, 0.15) is 32.1 Å². The van der Waals surface area contributed by atoms with Crippen molar-refractivity contribution in [2.24, 2.45) is 5.73 Å². The van der Waals surface area contributed by atoms with E-state index in [1.807, 2.05) is 0 Å². The lowest BCUT2D eigenvalue weighted by atomic mass is 9.77. The molecule has 0 heterocycles. The Labute approximate surface area is 85.2 Å². The van der Waals surface area contributed by atoms with Gasteiger partial charge in [-0.15, -0.1) is 0 Å². The largest absolute Gasteiger partial charge is 0.378 e. The van der Waals surface area contributed by atoms with E-state index in [0.29, 0.717) is 19.5 Å². The number of nitrogens with one attached hydrogen (secondary N) is 1. The second-order valence-electron chi connectivity index (χ2n) is 3.91. The molecule has 82 valence electrons. The maximum absolute atomic E-state index is 11.5. The lowest BCUT2D eigenvalue weighted by molar-refractivity contribution is -0.134. The lowest BCUT2D eigenvalue weighted by Crippen LogP contribution is -2.44. The zero-order valence-electron chi connectivity index (χ0n) is 8.84. The van der Waals surface area contributed by atoms with Gasteiger partial charge in [-0.05, 0) is 32.2 Å². The SMILES string of the molecule is COC1(CC(=O)NCCCN)CCC1. The normalized spacial score (nSPS) is 18.7. The summed E-state index contributed by atoms with van der Waals surface area (Å²) in [5, 5.41) is 2.84. The van der Waals surface area contributed by atoms with Crippen molar-refractivity contribution in [3.8, 4) is 0 Å². The van der Waals surface area contributed by atoms with Crippen LogP contribution in [0.25, 0.3) is 0 Å². The van der Waals surface area contributed by atoms with Crippen LogP contribution in [0.4, 0.5) is 0 Å². The van der Waals surface area contributed by atoms with Gasteiger partial charge in [-0.3, -0.25) is 4.79 Å². The minimum atomic E-state index is -0.160. The molecule has 0 spiro atoms. The molecular weight excluding hydrogens is 180 g/mol. The molecule has 0 aromatic rings. The van der Waals surface area contributed by atoms with E-state index >= 15 is 0 Å². The number of nitrogens with two attached hydrogens (primary N) is 1. The summed E-state index contributed by atoms with van der Waals surface area (Å²) in [4.78, 5) is 11.5. The molecular formula is C10H20N2O2. The average molecular weight is 200 g/mol. The molecule has 0 saturated heterocycles. The van der Waals surface area contributed by atoms with Gasteiger partial charge in [0.15, 0.2) is 0 Å². The summed E-state index contributed by atoms with van der Waals surface area (Å²) < 4.78 is 5.37. The van der Waals surface area contributed by atoms with Gasteiger partial charge < -0.3 is 15.8 Å². The Balaban J connectivity index is 2.18. The van der Waals surface area contributed by atoms with Gasteiger partial charge in [0.25, 0.3) is 0 Å². The Kier molecular flexibility index (Phi) is 4.35. The van der Waals surface area contributed by atoms with E-state index in [1.165, 1.54) is 6.42 Å². The molecule has 0 bridgehead atoms. The zero-order chi connectivity index (χ0) is 10.4. The van der Waals surface area contributed by atoms with Crippen molar-refractivity contribution in [2.45, 2.75) is 37.7 Å². The highest BCUT2D eigenvalue weighted by molar-refractivity contribution is 5.77. The van der Waals surface area contributed by atoms with Crippen LogP contribution in [0, 0.1) is 0 Å². The first kappa shape index (κ1) is 11.5. The molecule has 1 saturated carbocycles. The summed E-state index contributed by atoms with van der Waals surface area (Å²) in [5.41, 5.74) is 5.17. The Bertz CT molecular complexity index is 185. The average Bonchev–Trinajstić information content (AvgIpc) is 2.12. The molecule has 0 atom stereocenters. The van der Waals surface area contributed by atoms with Crippen LogP contribution < -0.4 is 11.1 Å². The second-order valence-corrected chi connectivity index (χ2v) is 3.91. The highest BCUT2D eigenvalue weighted by atomic mass is 16.5. The third-order valence-electron chi connectivity index (χ3n) is 2.88. The van der Waals surface area contributed by atoms with Gasteiger partial charge in [-0.25, -0.2) is 0 Å². The van der Waals surface area contributed by atoms with E-state index in [1.54, 1.807) is 7.11 Å². The van der Waals surface area contributed by atoms with Gasteiger partial charge in [-0.2, -0.15) is 0 Å². The van der Waals surface area contributed by atoms with E-state index in [9.17, 15) is 4.79 Å². The maximum atomic E-state index is 11.5. The van der Waals surface area contributed by atoms with Crippen molar-refractivity contribution in [1.82, 2.24) is 5.32 Å². The molecule has 1 aliphatic carbocycles. The Hall–Kier alpha value is -0.610. The van der Waals surface area contributed by atoms with Crippen LogP contribution in [0.3, 0.4) is 0 Å². The lowest BCUT2D eigenvalue weighted by Gasteiger charge is -2.39. The van der Waals surface area contributed by atoms with Gasteiger partial charge in [0.2, 0.25) is 5.91 Å². The fourth-order valence-electron chi connectivity index (χ4n) is 1.71. The highest BCUT2D eigenvalue weighted by Crippen LogP contribution is 2.37. The second kappa shape index (κ2) is 5.32. The Morgan fingerprint density at radius 2 is 2.29 bits per heavy atom. The standard InChI is InChI=1S/C10H20N2O2/c1-14-10(4-2-5-10)8-9(13)12-7-3-6-11/h2-8,11H2,1H3,(H,12,13). The van der Waals surface area contributed by atoms with Crippen LogP contribution in [0.15, 0.2) is 0 Å². The number of ether oxygens (including phenoxy) is 1. The summed E-state index contributed by atoms with van der Waals surface area (Å²) in [5.74, 6) is 0.0833. The molecule has 1 amide bonds. The van der Waals surface area contributed by atoms with Gasteiger partial charge in [0.05, 0.1) is 12.0 Å². The third-order valence-corrected chi connectivity index (χ3v) is 2.88. The van der Waals surface area contributed by atoms with E-state index in [2.05, 4.69) is 5.32 Å². The van der Waals surface area contributed by atoms with E-state index < -0.39 is 0 Å². The van der Waals surface area contributed by atoms with E-state index in [-0.39, 0.29) is 11.5 Å². The van der Waals surface area contributed by atoms with Crippen molar-refractivity contribution in [3.05, 3.63) is 0 Å². The van der Waals surface area contributed by atoms with Crippen molar-refractivity contribution < 1.29 is 9.53 Å². The number of carbonyl (C=O) groups excluding carboxylic acids is 1. The van der Waals surface area contributed by atoms with Crippen molar-refractivity contribution >= 4 is 5.91 Å². The smallest absolute Gasteiger partial charge is 0.222 e. The molecule has 1 aliphatic rings. The van der Waals surface area contributed by atoms with Crippen molar-refractivity contribution in [3.63, 3.8) is 0 Å². The molecule has 0 aliphatic heterocycles. The number of hydrogen-bond donors (Lipinski definition) is 2. The monoisotopic (exact) mass is 200 g/mol. The molecule has 0 aromatic carbocycles. The molecule has 4 heteroatoms. The number of carbonyl (C=O) groups is 1. The van der Waals surface area contributed by atoms with Gasteiger partial charge in [0, 0.05) is 13.7 Å². The Morgan fingerprint density at radius 1 is 1.57 bits per heavy atom. The quantitative estimate of drug-likeness (QED) is 0.610. The molecule has 0 radical (unpaired) electrons. The number of hydrogen-bond acceptors (Lipinski definition) is 3. The van der Waals surface area contributed by atoms with Crippen LogP contribution in [-0.2, 0) is 9.53 Å². The maximum Gasteiger partial charge on any atom is 0.222 e. The summed E-state index contributed by atoms with van der Waals surface area (Å²) in [6.45, 7) is 1.30. The topological polar surface area (TPSA) is 64.3 Å². The fraction of sp³-hybridized carbons (Fsp3) is 0.900. The number of methoxy groups -OCH3 is 1. The first-order chi connectivity index (χ1) is 6.72. The van der Waals surface area contributed by atoms with Crippen LogP contribution in [0.5, 0.6) is 0 Å². The Morgan fingerprint density at radius 3 is 2.71 bits per heavy atom. The van der Waals surface area contributed by atoms with E-state index in [0.717, 1.165) is 19.3 Å². The third kappa shape index (κ3) is 2.96. The molecule has 0 aromatic heterocycles. The number of rotatable bonds is 6. The molecule has 0 unspecified atom stereocenters. The first-order valence-corrected chi connectivity index (χ1v) is 5.24. The van der Waals surface area contributed by atoms with Gasteiger partial charge in [0.1, 0.15) is 0 Å². The fourth-order valence-corrected chi connectivity index (χ4v) is 1.71. The van der Waals surface area contributed by atoms with Crippen molar-refractivity contribution in [2.75, 3.05) is 20.2 Å². The zero-order valence-corrected chi connectivity index (χ0v) is 8.84. The summed E-state index contributed by atoms with van der Waals surface area (Å²) >= 11 is 0. The van der Waals surface area contributed by atoms with Gasteiger partial charge >= 0.3 is 0 Å². The predicted octanol–water partition coefficient (Wildman–Crippen LogP) is 0.411. The molecule has 4 nitrogen and oxygen atoms in total. The van der Waals surface area contributed by atoms with Crippen LogP contribution >= 0.6 is 0 Å². The summed E-state index contributed by atoms with van der Waals surface area (Å²) in [6, 6.07) is 0. The summed E-state index contributed by atoms with van der Waals surface area (Å²) in [6.07, 6.45) is 4.52. The molecule has 1 fully saturated rings. The highest BCUT2D eigenvalue weighted by Gasteiger charge is 2.38. The first-order valence-electron chi connectivity index (χ1n) is 5.24. The molecule has 1 rings (SSSR count). The van der Waals surface area contributed by atoms with Gasteiger partial charge in [-0.1, -0.05) is 0 Å². The minimum absolute atomic E-state index is 0.0833. The number of amides is 1. The molecule has 3 N–H and O–H groups in total.